The Morgan fingerprint density at radius 1 is 1.47 bits per heavy atom. The summed E-state index contributed by atoms with van der Waals surface area (Å²) in [4.78, 5) is 8.36. The van der Waals surface area contributed by atoms with Crippen molar-refractivity contribution in [2.75, 3.05) is 23.3 Å². The first-order valence-electron chi connectivity index (χ1n) is 6.82. The minimum atomic E-state index is 0.451. The molecule has 2 aromatic rings. The molecule has 1 atom stereocenters. The normalized spacial score (nSPS) is 18.2. The maximum atomic E-state index is 4.35. The summed E-state index contributed by atoms with van der Waals surface area (Å²) in [5.74, 6) is 0.961. The van der Waals surface area contributed by atoms with Crippen LogP contribution in [0.3, 0.4) is 0 Å². The summed E-state index contributed by atoms with van der Waals surface area (Å²) in [7, 11) is 0. The fraction of sp³-hybridized carbons (Fsp3) is 0.400. The number of pyridine rings is 1. The van der Waals surface area contributed by atoms with E-state index in [1.54, 1.807) is 4.88 Å². The van der Waals surface area contributed by atoms with E-state index in [2.05, 4.69) is 52.6 Å². The van der Waals surface area contributed by atoms with E-state index in [9.17, 15) is 0 Å². The molecule has 1 aliphatic heterocycles. The Bertz CT molecular complexity index is 564. The molecule has 19 heavy (non-hydrogen) atoms. The average Bonchev–Trinajstić information content (AvgIpc) is 2.89. The van der Waals surface area contributed by atoms with Crippen LogP contribution in [0.1, 0.15) is 30.3 Å². The lowest BCUT2D eigenvalue weighted by atomic mass is 10.0. The van der Waals surface area contributed by atoms with Gasteiger partial charge in [0.25, 0.3) is 0 Å². The standard InChI is InChI=1S/C15H19N3S/c1-3-16-15-10-12(4-7-17-15)18-8-5-14-13(11(18)2)6-9-19-14/h4,6-7,9-11H,3,5,8H2,1-2H3,(H,16,17). The van der Waals surface area contributed by atoms with E-state index in [0.29, 0.717) is 6.04 Å². The Kier molecular flexibility index (Phi) is 3.42. The van der Waals surface area contributed by atoms with Gasteiger partial charge < -0.3 is 10.2 Å². The van der Waals surface area contributed by atoms with E-state index < -0.39 is 0 Å². The summed E-state index contributed by atoms with van der Waals surface area (Å²) < 4.78 is 0. The topological polar surface area (TPSA) is 28.2 Å². The molecule has 100 valence electrons. The van der Waals surface area contributed by atoms with Crippen LogP contribution in [0.15, 0.2) is 29.8 Å². The van der Waals surface area contributed by atoms with Gasteiger partial charge in [-0.2, -0.15) is 0 Å². The lowest BCUT2D eigenvalue weighted by molar-refractivity contribution is 0.632. The van der Waals surface area contributed by atoms with Crippen LogP contribution < -0.4 is 10.2 Å². The molecule has 3 rings (SSSR count). The molecule has 0 bridgehead atoms. The van der Waals surface area contributed by atoms with E-state index in [-0.39, 0.29) is 0 Å². The first kappa shape index (κ1) is 12.5. The highest BCUT2D eigenvalue weighted by atomic mass is 32.1. The number of anilines is 2. The number of rotatable bonds is 3. The summed E-state index contributed by atoms with van der Waals surface area (Å²) in [5, 5.41) is 5.49. The molecule has 1 unspecified atom stereocenters. The summed E-state index contributed by atoms with van der Waals surface area (Å²) >= 11 is 1.89. The Hall–Kier alpha value is -1.55. The highest BCUT2D eigenvalue weighted by molar-refractivity contribution is 7.10. The zero-order valence-electron chi connectivity index (χ0n) is 11.4. The van der Waals surface area contributed by atoms with Gasteiger partial charge in [-0.25, -0.2) is 4.98 Å². The van der Waals surface area contributed by atoms with E-state index in [1.165, 1.54) is 11.3 Å². The molecule has 0 aliphatic carbocycles. The van der Waals surface area contributed by atoms with Gasteiger partial charge in [0.15, 0.2) is 0 Å². The Morgan fingerprint density at radius 3 is 3.21 bits per heavy atom. The molecular formula is C15H19N3S. The second-order valence-corrected chi connectivity index (χ2v) is 5.85. The van der Waals surface area contributed by atoms with Gasteiger partial charge >= 0.3 is 0 Å². The molecule has 1 N–H and O–H groups in total. The van der Waals surface area contributed by atoms with Crippen molar-refractivity contribution in [2.45, 2.75) is 26.3 Å². The number of aromatic nitrogens is 1. The third-order valence-corrected chi connectivity index (χ3v) is 4.71. The number of nitrogens with one attached hydrogen (secondary N) is 1. The van der Waals surface area contributed by atoms with Crippen LogP contribution in [-0.4, -0.2) is 18.1 Å². The van der Waals surface area contributed by atoms with Crippen molar-refractivity contribution < 1.29 is 0 Å². The Morgan fingerprint density at radius 2 is 2.37 bits per heavy atom. The molecule has 0 saturated heterocycles. The highest BCUT2D eigenvalue weighted by Crippen LogP contribution is 2.36. The van der Waals surface area contributed by atoms with E-state index in [0.717, 1.165) is 25.3 Å². The first-order chi connectivity index (χ1) is 9.29. The average molecular weight is 273 g/mol. The first-order valence-corrected chi connectivity index (χ1v) is 7.70. The predicted molar refractivity (Wildman–Crippen MR) is 82.2 cm³/mol. The molecule has 4 heteroatoms. The minimum Gasteiger partial charge on any atom is -0.370 e. The van der Waals surface area contributed by atoms with Crippen LogP contribution >= 0.6 is 11.3 Å². The van der Waals surface area contributed by atoms with Crippen LogP contribution in [0.25, 0.3) is 0 Å². The fourth-order valence-corrected chi connectivity index (χ4v) is 3.70. The second-order valence-electron chi connectivity index (χ2n) is 4.85. The minimum absolute atomic E-state index is 0.451. The SMILES string of the molecule is CCNc1cc(N2CCc3sccc3C2C)ccn1. The largest absolute Gasteiger partial charge is 0.370 e. The van der Waals surface area contributed by atoms with Gasteiger partial charge in [0.2, 0.25) is 0 Å². The summed E-state index contributed by atoms with van der Waals surface area (Å²) in [6.45, 7) is 6.37. The van der Waals surface area contributed by atoms with Crippen molar-refractivity contribution in [3.8, 4) is 0 Å². The van der Waals surface area contributed by atoms with E-state index in [1.807, 2.05) is 17.5 Å². The molecule has 0 fully saturated rings. The van der Waals surface area contributed by atoms with Crippen molar-refractivity contribution >= 4 is 22.8 Å². The molecular weight excluding hydrogens is 254 g/mol. The number of hydrogen-bond acceptors (Lipinski definition) is 4. The van der Waals surface area contributed by atoms with E-state index in [4.69, 9.17) is 0 Å². The Labute approximate surface area is 118 Å². The maximum Gasteiger partial charge on any atom is 0.127 e. The number of hydrogen-bond donors (Lipinski definition) is 1. The van der Waals surface area contributed by atoms with E-state index >= 15 is 0 Å². The van der Waals surface area contributed by atoms with Gasteiger partial charge in [-0.15, -0.1) is 11.3 Å². The van der Waals surface area contributed by atoms with Gasteiger partial charge in [0, 0.05) is 35.9 Å². The molecule has 1 aliphatic rings. The highest BCUT2D eigenvalue weighted by Gasteiger charge is 2.24. The summed E-state index contributed by atoms with van der Waals surface area (Å²) in [6, 6.07) is 6.97. The van der Waals surface area contributed by atoms with Gasteiger partial charge in [-0.3, -0.25) is 0 Å². The zero-order chi connectivity index (χ0) is 13.2. The second kappa shape index (κ2) is 5.21. The van der Waals surface area contributed by atoms with Crippen molar-refractivity contribution in [2.24, 2.45) is 0 Å². The number of nitrogens with zero attached hydrogens (tertiary/aromatic N) is 2. The van der Waals surface area contributed by atoms with Crippen LogP contribution in [0, 0.1) is 0 Å². The number of thiophene rings is 1. The van der Waals surface area contributed by atoms with Crippen molar-refractivity contribution in [1.29, 1.82) is 0 Å². The predicted octanol–water partition coefficient (Wildman–Crippen LogP) is 3.70. The monoisotopic (exact) mass is 273 g/mol. The van der Waals surface area contributed by atoms with Gasteiger partial charge in [-0.1, -0.05) is 0 Å². The smallest absolute Gasteiger partial charge is 0.127 e. The third-order valence-electron chi connectivity index (χ3n) is 3.71. The lowest BCUT2D eigenvalue weighted by Crippen LogP contribution is -2.33. The maximum absolute atomic E-state index is 4.35. The molecule has 0 spiro atoms. The van der Waals surface area contributed by atoms with Crippen molar-refractivity contribution in [3.63, 3.8) is 0 Å². The molecule has 0 aromatic carbocycles. The van der Waals surface area contributed by atoms with Crippen LogP contribution in [-0.2, 0) is 6.42 Å². The number of fused-ring (bicyclic) bond motifs is 1. The molecule has 3 nitrogen and oxygen atoms in total. The quantitative estimate of drug-likeness (QED) is 0.924. The molecule has 3 heterocycles. The molecule has 0 amide bonds. The van der Waals surface area contributed by atoms with Crippen molar-refractivity contribution in [1.82, 2.24) is 4.98 Å². The summed E-state index contributed by atoms with van der Waals surface area (Å²) in [6.07, 6.45) is 3.04. The third kappa shape index (κ3) is 2.32. The summed E-state index contributed by atoms with van der Waals surface area (Å²) in [5.41, 5.74) is 2.74. The van der Waals surface area contributed by atoms with Crippen LogP contribution in [0.4, 0.5) is 11.5 Å². The lowest BCUT2D eigenvalue weighted by Gasteiger charge is -2.35. The van der Waals surface area contributed by atoms with Crippen molar-refractivity contribution in [3.05, 3.63) is 40.2 Å². The molecule has 2 aromatic heterocycles. The van der Waals surface area contributed by atoms with Crippen LogP contribution in [0.2, 0.25) is 0 Å². The zero-order valence-corrected chi connectivity index (χ0v) is 12.2. The van der Waals surface area contributed by atoms with Gasteiger partial charge in [0.1, 0.15) is 5.82 Å². The molecule has 0 saturated carbocycles. The van der Waals surface area contributed by atoms with Gasteiger partial charge in [-0.05, 0) is 43.3 Å². The Balaban J connectivity index is 1.89. The fourth-order valence-electron chi connectivity index (χ4n) is 2.74. The van der Waals surface area contributed by atoms with Gasteiger partial charge in [0.05, 0.1) is 6.04 Å². The molecule has 0 radical (unpaired) electrons. The van der Waals surface area contributed by atoms with Crippen LogP contribution in [0.5, 0.6) is 0 Å².